The van der Waals surface area contributed by atoms with Gasteiger partial charge in [-0.25, -0.2) is 4.18 Å². The van der Waals surface area contributed by atoms with E-state index in [1.165, 1.54) is 77.0 Å². The van der Waals surface area contributed by atoms with Crippen LogP contribution in [-0.4, -0.2) is 19.1 Å². The fourth-order valence-electron chi connectivity index (χ4n) is 3.35. The van der Waals surface area contributed by atoms with Crippen LogP contribution in [0.4, 0.5) is 0 Å². The molecule has 0 aromatic rings. The molecule has 4 nitrogen and oxygen atoms in total. The highest BCUT2D eigenvalue weighted by Gasteiger charge is 2.29. The molecular weight excluding hydrogens is 372 g/mol. The van der Waals surface area contributed by atoms with Crippen LogP contribution in [0, 0.1) is 5.41 Å². The Morgan fingerprint density at radius 2 is 1.21 bits per heavy atom. The van der Waals surface area contributed by atoms with Gasteiger partial charge in [-0.2, -0.15) is 8.42 Å². The van der Waals surface area contributed by atoms with Crippen molar-refractivity contribution in [2.24, 2.45) is 5.41 Å². The van der Waals surface area contributed by atoms with Gasteiger partial charge in [0.2, 0.25) is 0 Å². The van der Waals surface area contributed by atoms with Gasteiger partial charge in [-0.1, -0.05) is 104 Å². The maximum Gasteiger partial charge on any atom is 0.397 e. The van der Waals surface area contributed by atoms with E-state index in [0.29, 0.717) is 6.42 Å². The molecule has 0 rings (SSSR count). The van der Waals surface area contributed by atoms with Crippen molar-refractivity contribution in [2.75, 3.05) is 0 Å². The van der Waals surface area contributed by atoms with E-state index < -0.39 is 16.5 Å². The van der Waals surface area contributed by atoms with Gasteiger partial charge in [-0.15, -0.1) is 0 Å². The van der Waals surface area contributed by atoms with Gasteiger partial charge in [0.15, 0.2) is 0 Å². The van der Waals surface area contributed by atoms with Crippen molar-refractivity contribution in [3.63, 3.8) is 0 Å². The van der Waals surface area contributed by atoms with Crippen LogP contribution < -0.4 is 0 Å². The molecule has 0 aliphatic carbocycles. The van der Waals surface area contributed by atoms with E-state index in [1.807, 2.05) is 20.8 Å². The molecule has 0 radical (unpaired) electrons. The number of rotatable bonds is 18. The van der Waals surface area contributed by atoms with Gasteiger partial charge in [-0.05, 0) is 37.5 Å². The third-order valence-electron chi connectivity index (χ3n) is 5.18. The summed E-state index contributed by atoms with van der Waals surface area (Å²) in [5.41, 5.74) is -0.308. The van der Waals surface area contributed by atoms with Crippen molar-refractivity contribution in [1.82, 2.24) is 0 Å². The topological polar surface area (TPSA) is 63.6 Å². The van der Waals surface area contributed by atoms with Gasteiger partial charge >= 0.3 is 10.4 Å². The van der Waals surface area contributed by atoms with Gasteiger partial charge in [0.05, 0.1) is 6.10 Å². The Hall–Kier alpha value is -0.390. The van der Waals surface area contributed by atoms with Crippen molar-refractivity contribution in [3.05, 3.63) is 12.2 Å². The fourth-order valence-corrected chi connectivity index (χ4v) is 4.03. The van der Waals surface area contributed by atoms with Crippen LogP contribution >= 0.6 is 0 Å². The van der Waals surface area contributed by atoms with E-state index in [0.717, 1.165) is 12.8 Å². The summed E-state index contributed by atoms with van der Waals surface area (Å²) in [5, 5.41) is 0. The Bertz CT molecular complexity index is 477. The zero-order valence-corrected chi connectivity index (χ0v) is 19.7. The molecule has 0 heterocycles. The summed E-state index contributed by atoms with van der Waals surface area (Å²) in [7, 11) is -4.38. The summed E-state index contributed by atoms with van der Waals surface area (Å²) in [5.74, 6) is 0. The van der Waals surface area contributed by atoms with Crippen LogP contribution in [0.2, 0.25) is 0 Å². The second-order valence-electron chi connectivity index (χ2n) is 9.11. The van der Waals surface area contributed by atoms with Crippen LogP contribution in [0.15, 0.2) is 12.2 Å². The van der Waals surface area contributed by atoms with Crippen molar-refractivity contribution in [2.45, 2.75) is 130 Å². The molecule has 28 heavy (non-hydrogen) atoms. The molecule has 0 fully saturated rings. The Labute approximate surface area is 175 Å². The molecule has 168 valence electrons. The molecule has 0 saturated heterocycles. The number of hydrogen-bond acceptors (Lipinski definition) is 3. The Kier molecular flexibility index (Phi) is 16.2. The van der Waals surface area contributed by atoms with Crippen LogP contribution in [0.25, 0.3) is 0 Å². The predicted octanol–water partition coefficient (Wildman–Crippen LogP) is 7.65. The minimum Gasteiger partial charge on any atom is -0.264 e. The first kappa shape index (κ1) is 27.6. The fraction of sp³-hybridized carbons (Fsp3) is 0.913. The van der Waals surface area contributed by atoms with Crippen LogP contribution in [0.5, 0.6) is 0 Å². The van der Waals surface area contributed by atoms with E-state index >= 15 is 0 Å². The van der Waals surface area contributed by atoms with Crippen LogP contribution in [0.3, 0.4) is 0 Å². The molecular formula is C23H46O4S. The maximum absolute atomic E-state index is 11.0. The lowest BCUT2D eigenvalue weighted by atomic mass is 9.86. The van der Waals surface area contributed by atoms with Crippen LogP contribution in [-0.2, 0) is 14.6 Å². The Balaban J connectivity index is 3.57. The summed E-state index contributed by atoms with van der Waals surface area (Å²) >= 11 is 0. The number of hydrogen-bond donors (Lipinski definition) is 1. The molecule has 0 bridgehead atoms. The second kappa shape index (κ2) is 16.4. The summed E-state index contributed by atoms with van der Waals surface area (Å²) in [4.78, 5) is 0. The molecule has 5 heteroatoms. The Morgan fingerprint density at radius 1 is 0.786 bits per heavy atom. The number of unbranched alkanes of at least 4 members (excludes halogenated alkanes) is 12. The highest BCUT2D eigenvalue weighted by atomic mass is 32.3. The van der Waals surface area contributed by atoms with Gasteiger partial charge < -0.3 is 0 Å². The highest BCUT2D eigenvalue weighted by Crippen LogP contribution is 2.28. The van der Waals surface area contributed by atoms with E-state index in [-0.39, 0.29) is 5.41 Å². The number of allylic oxidation sites excluding steroid dienone is 2. The minimum absolute atomic E-state index is 0.308. The zero-order valence-electron chi connectivity index (χ0n) is 18.9. The monoisotopic (exact) mass is 418 g/mol. The third kappa shape index (κ3) is 18.9. The molecule has 0 aromatic heterocycles. The normalized spacial score (nSPS) is 14.0. The summed E-state index contributed by atoms with van der Waals surface area (Å²) in [6, 6.07) is 0. The molecule has 0 spiro atoms. The molecule has 0 aliphatic heterocycles. The van der Waals surface area contributed by atoms with Crippen LogP contribution in [0.1, 0.15) is 124 Å². The van der Waals surface area contributed by atoms with Crippen molar-refractivity contribution >= 4 is 10.4 Å². The van der Waals surface area contributed by atoms with Gasteiger partial charge in [0, 0.05) is 0 Å². The first-order chi connectivity index (χ1) is 13.2. The predicted molar refractivity (Wildman–Crippen MR) is 120 cm³/mol. The van der Waals surface area contributed by atoms with Crippen molar-refractivity contribution in [3.8, 4) is 0 Å². The third-order valence-corrected chi connectivity index (χ3v) is 5.66. The molecule has 0 saturated carbocycles. The van der Waals surface area contributed by atoms with Gasteiger partial charge in [-0.3, -0.25) is 4.55 Å². The summed E-state index contributed by atoms with van der Waals surface area (Å²) in [6.07, 6.45) is 22.4. The van der Waals surface area contributed by atoms with E-state index in [1.54, 1.807) is 0 Å². The average molecular weight is 419 g/mol. The maximum atomic E-state index is 11.0. The first-order valence-electron chi connectivity index (χ1n) is 11.5. The molecule has 1 unspecified atom stereocenters. The molecule has 0 aliphatic rings. The molecule has 0 aromatic carbocycles. The molecule has 1 atom stereocenters. The average Bonchev–Trinajstić information content (AvgIpc) is 2.58. The molecule has 0 amide bonds. The zero-order chi connectivity index (χ0) is 21.3. The highest BCUT2D eigenvalue weighted by molar-refractivity contribution is 7.80. The van der Waals surface area contributed by atoms with E-state index in [2.05, 4.69) is 19.1 Å². The SMILES string of the molecule is CCCCCCCC/C=C\CCCCCCCCC(OS(=O)(=O)O)C(C)(C)C. The lowest BCUT2D eigenvalue weighted by Gasteiger charge is -2.28. The summed E-state index contributed by atoms with van der Waals surface area (Å²) in [6.45, 7) is 8.06. The van der Waals surface area contributed by atoms with Gasteiger partial charge in [0.1, 0.15) is 0 Å². The van der Waals surface area contributed by atoms with E-state index in [4.69, 9.17) is 8.74 Å². The molecule has 1 N–H and O–H groups in total. The van der Waals surface area contributed by atoms with Crippen molar-refractivity contribution < 1.29 is 17.2 Å². The first-order valence-corrected chi connectivity index (χ1v) is 12.8. The lowest BCUT2D eigenvalue weighted by Crippen LogP contribution is -2.31. The quantitative estimate of drug-likeness (QED) is 0.141. The largest absolute Gasteiger partial charge is 0.397 e. The summed E-state index contributed by atoms with van der Waals surface area (Å²) < 4.78 is 35.8. The van der Waals surface area contributed by atoms with Gasteiger partial charge in [0.25, 0.3) is 0 Å². The lowest BCUT2D eigenvalue weighted by molar-refractivity contribution is 0.0701. The van der Waals surface area contributed by atoms with Crippen molar-refractivity contribution in [1.29, 1.82) is 0 Å². The van der Waals surface area contributed by atoms with E-state index in [9.17, 15) is 8.42 Å². The minimum atomic E-state index is -4.38. The second-order valence-corrected chi connectivity index (χ2v) is 10.2. The smallest absolute Gasteiger partial charge is 0.264 e. The standard InChI is InChI=1S/C23H46O4S/c1-5-6-7-8-9-10-11-12-13-14-15-16-17-18-19-20-21-22(23(2,3)4)27-28(24,25)26/h12-13,22H,5-11,14-21H2,1-4H3,(H,24,25,26)/b13-12-. The Morgan fingerprint density at radius 3 is 1.64 bits per heavy atom.